The van der Waals surface area contributed by atoms with Crippen molar-refractivity contribution in [3.8, 4) is 33.6 Å². The fourth-order valence-electron chi connectivity index (χ4n) is 4.48. The van der Waals surface area contributed by atoms with Crippen LogP contribution in [0.2, 0.25) is 0 Å². The first-order valence-electron chi connectivity index (χ1n) is 11.2. The Balaban J connectivity index is 1.95. The van der Waals surface area contributed by atoms with E-state index in [0.717, 1.165) is 27.9 Å². The largest absolute Gasteiger partial charge is 0.342 e. The maximum Gasteiger partial charge on any atom is 0.209 e. The van der Waals surface area contributed by atoms with E-state index in [-0.39, 0.29) is 4.90 Å². The lowest BCUT2D eigenvalue weighted by Crippen LogP contribution is -2.05. The van der Waals surface area contributed by atoms with E-state index >= 15 is 0 Å². The fourth-order valence-corrected chi connectivity index (χ4v) is 6.20. The van der Waals surface area contributed by atoms with Crippen molar-refractivity contribution in [2.45, 2.75) is 16.7 Å². The van der Waals surface area contributed by atoms with Crippen molar-refractivity contribution in [2.24, 2.45) is 7.05 Å². The third-order valence-corrected chi connectivity index (χ3v) is 7.93. The predicted octanol–water partition coefficient (Wildman–Crippen LogP) is 7.17. The number of hydrogen-bond acceptors (Lipinski definition) is 2. The lowest BCUT2D eigenvalue weighted by Gasteiger charge is -2.11. The van der Waals surface area contributed by atoms with Crippen LogP contribution in [-0.4, -0.2) is 13.0 Å². The Labute approximate surface area is 200 Å². The molecule has 0 atom stereocenters. The van der Waals surface area contributed by atoms with Crippen molar-refractivity contribution in [1.82, 2.24) is 4.57 Å². The molecule has 1 aromatic heterocycles. The van der Waals surface area contributed by atoms with Gasteiger partial charge in [-0.1, -0.05) is 109 Å². The summed E-state index contributed by atoms with van der Waals surface area (Å²) >= 11 is 0. The van der Waals surface area contributed by atoms with Crippen LogP contribution in [0.4, 0.5) is 0 Å². The number of aryl methyl sites for hydroxylation is 1. The third-order valence-electron chi connectivity index (χ3n) is 6.11. The van der Waals surface area contributed by atoms with Crippen molar-refractivity contribution < 1.29 is 8.42 Å². The topological polar surface area (TPSA) is 39.1 Å². The minimum absolute atomic E-state index is 0.290. The maximum absolute atomic E-state index is 14.3. The number of nitrogens with zero attached hydrogens (tertiary/aromatic N) is 1. The third kappa shape index (κ3) is 3.76. The Kier molecular flexibility index (Phi) is 5.68. The zero-order valence-corrected chi connectivity index (χ0v) is 20.0. The van der Waals surface area contributed by atoms with Crippen molar-refractivity contribution in [3.63, 3.8) is 0 Å². The van der Waals surface area contributed by atoms with Gasteiger partial charge in [0.1, 0.15) is 4.90 Å². The highest BCUT2D eigenvalue weighted by molar-refractivity contribution is 7.91. The molecule has 0 saturated carbocycles. The van der Waals surface area contributed by atoms with E-state index < -0.39 is 9.84 Å². The molecule has 0 fully saturated rings. The first-order chi connectivity index (χ1) is 16.5. The fraction of sp³-hybridized carbons (Fsp3) is 0.0667. The van der Waals surface area contributed by atoms with Gasteiger partial charge in [0, 0.05) is 12.6 Å². The molecule has 5 aromatic rings. The Bertz CT molecular complexity index is 1540. The molecule has 0 saturated heterocycles. The summed E-state index contributed by atoms with van der Waals surface area (Å²) in [6.07, 6.45) is 0. The van der Waals surface area contributed by atoms with Crippen LogP contribution in [0.5, 0.6) is 0 Å². The zero-order valence-electron chi connectivity index (χ0n) is 19.1. The summed E-state index contributed by atoms with van der Waals surface area (Å²) in [6.45, 7) is 1.96. The van der Waals surface area contributed by atoms with Crippen molar-refractivity contribution in [2.75, 3.05) is 0 Å². The monoisotopic (exact) mass is 463 g/mol. The van der Waals surface area contributed by atoms with Crippen molar-refractivity contribution in [1.29, 1.82) is 0 Å². The Morgan fingerprint density at radius 3 is 1.50 bits per heavy atom. The molecular formula is C30H25NO2S. The van der Waals surface area contributed by atoms with E-state index in [0.29, 0.717) is 16.2 Å². The van der Waals surface area contributed by atoms with E-state index in [2.05, 4.69) is 0 Å². The molecule has 0 unspecified atom stereocenters. The molecule has 0 aliphatic carbocycles. The molecule has 168 valence electrons. The van der Waals surface area contributed by atoms with Crippen molar-refractivity contribution >= 4 is 9.84 Å². The van der Waals surface area contributed by atoms with Gasteiger partial charge in [-0.25, -0.2) is 8.42 Å². The molecule has 3 nitrogen and oxygen atoms in total. The van der Waals surface area contributed by atoms with Gasteiger partial charge in [-0.3, -0.25) is 0 Å². The SMILES string of the molecule is Cc1ccc(S(=O)(=O)c2c(-c3ccccc3)c(-c3ccccc3)n(C)c2-c2ccccc2)cc1. The van der Waals surface area contributed by atoms with Crippen LogP contribution >= 0.6 is 0 Å². The van der Waals surface area contributed by atoms with E-state index in [4.69, 9.17) is 0 Å². The molecule has 0 N–H and O–H groups in total. The number of benzene rings is 4. The second kappa shape index (κ2) is 8.81. The molecule has 1 heterocycles. The minimum Gasteiger partial charge on any atom is -0.342 e. The predicted molar refractivity (Wildman–Crippen MR) is 138 cm³/mol. The van der Waals surface area contributed by atoms with Crippen LogP contribution in [0.3, 0.4) is 0 Å². The smallest absolute Gasteiger partial charge is 0.209 e. The van der Waals surface area contributed by atoms with E-state index in [1.165, 1.54) is 0 Å². The lowest BCUT2D eigenvalue weighted by molar-refractivity contribution is 0.596. The van der Waals surface area contributed by atoms with Crippen LogP contribution in [-0.2, 0) is 16.9 Å². The molecule has 5 rings (SSSR count). The number of aromatic nitrogens is 1. The summed E-state index contributed by atoms with van der Waals surface area (Å²) in [5.41, 5.74) is 5.97. The maximum atomic E-state index is 14.3. The summed E-state index contributed by atoms with van der Waals surface area (Å²) in [4.78, 5) is 0.618. The minimum atomic E-state index is -3.84. The van der Waals surface area contributed by atoms with Gasteiger partial charge in [0.15, 0.2) is 0 Å². The lowest BCUT2D eigenvalue weighted by atomic mass is 10.0. The molecule has 0 aliphatic rings. The van der Waals surface area contributed by atoms with Gasteiger partial charge in [-0.15, -0.1) is 0 Å². The summed E-state index contributed by atoms with van der Waals surface area (Å²) in [5.74, 6) is 0. The molecule has 0 radical (unpaired) electrons. The molecule has 0 spiro atoms. The number of rotatable bonds is 5. The van der Waals surface area contributed by atoms with Crippen LogP contribution in [0, 0.1) is 6.92 Å². The Morgan fingerprint density at radius 1 is 0.559 bits per heavy atom. The second-order valence-corrected chi connectivity index (χ2v) is 10.3. The first kappa shape index (κ1) is 21.9. The van der Waals surface area contributed by atoms with Gasteiger partial charge in [0.2, 0.25) is 9.84 Å². The molecule has 0 amide bonds. The van der Waals surface area contributed by atoms with Crippen LogP contribution in [0.15, 0.2) is 125 Å². The standard InChI is InChI=1S/C30H25NO2S/c1-22-18-20-26(21-19-22)34(32,33)30-27(23-12-6-3-7-13-23)28(24-14-8-4-9-15-24)31(2)29(30)25-16-10-5-11-17-25/h3-21H,1-2H3. The van der Waals surface area contributed by atoms with Gasteiger partial charge < -0.3 is 4.57 Å². The number of hydrogen-bond donors (Lipinski definition) is 0. The quantitative estimate of drug-likeness (QED) is 0.277. The molecule has 0 bridgehead atoms. The number of sulfone groups is 1. The highest BCUT2D eigenvalue weighted by Gasteiger charge is 2.33. The van der Waals surface area contributed by atoms with Gasteiger partial charge in [0.05, 0.1) is 16.3 Å². The average molecular weight is 464 g/mol. The highest BCUT2D eigenvalue weighted by Crippen LogP contribution is 2.46. The van der Waals surface area contributed by atoms with Gasteiger partial charge in [-0.2, -0.15) is 0 Å². The van der Waals surface area contributed by atoms with E-state index in [9.17, 15) is 8.42 Å². The second-order valence-electron chi connectivity index (χ2n) is 8.37. The molecular weight excluding hydrogens is 438 g/mol. The Morgan fingerprint density at radius 2 is 1.00 bits per heavy atom. The van der Waals surface area contributed by atoms with Gasteiger partial charge >= 0.3 is 0 Å². The molecule has 0 aliphatic heterocycles. The highest BCUT2D eigenvalue weighted by atomic mass is 32.2. The molecule has 34 heavy (non-hydrogen) atoms. The summed E-state index contributed by atoms with van der Waals surface area (Å²) in [7, 11) is -1.89. The van der Waals surface area contributed by atoms with Gasteiger partial charge in [0.25, 0.3) is 0 Å². The summed E-state index contributed by atoms with van der Waals surface area (Å²) in [5, 5.41) is 0. The summed E-state index contributed by atoms with van der Waals surface area (Å²) in [6, 6.07) is 36.6. The van der Waals surface area contributed by atoms with Crippen molar-refractivity contribution in [3.05, 3.63) is 121 Å². The van der Waals surface area contributed by atoms with Gasteiger partial charge in [-0.05, 0) is 35.7 Å². The summed E-state index contributed by atoms with van der Waals surface area (Å²) < 4.78 is 30.7. The Hall–Kier alpha value is -3.89. The molecule has 4 aromatic carbocycles. The van der Waals surface area contributed by atoms with Crippen LogP contribution < -0.4 is 0 Å². The van der Waals surface area contributed by atoms with E-state index in [1.54, 1.807) is 12.1 Å². The zero-order chi connectivity index (χ0) is 23.7. The molecule has 4 heteroatoms. The van der Waals surface area contributed by atoms with Crippen LogP contribution in [0.25, 0.3) is 33.6 Å². The average Bonchev–Trinajstić information content (AvgIpc) is 3.19. The van der Waals surface area contributed by atoms with Crippen LogP contribution in [0.1, 0.15) is 5.56 Å². The van der Waals surface area contributed by atoms with E-state index in [1.807, 2.05) is 122 Å². The first-order valence-corrected chi connectivity index (χ1v) is 12.7. The normalized spacial score (nSPS) is 11.5.